The van der Waals surface area contributed by atoms with E-state index in [1.54, 1.807) is 6.07 Å². The van der Waals surface area contributed by atoms with Crippen LogP contribution < -0.4 is 11.1 Å². The molecule has 3 aromatic heterocycles. The van der Waals surface area contributed by atoms with Crippen LogP contribution in [-0.4, -0.2) is 26.3 Å². The Labute approximate surface area is 168 Å². The summed E-state index contributed by atoms with van der Waals surface area (Å²) in [6, 6.07) is 16.0. The Morgan fingerprint density at radius 1 is 1.00 bits per heavy atom. The molecule has 0 saturated heterocycles. The van der Waals surface area contributed by atoms with E-state index in [0.29, 0.717) is 17.3 Å². The predicted octanol–water partition coefficient (Wildman–Crippen LogP) is 4.39. The second-order valence-corrected chi connectivity index (χ2v) is 7.66. The van der Waals surface area contributed by atoms with Crippen molar-refractivity contribution >= 4 is 28.3 Å². The maximum absolute atomic E-state index is 12.0. The molecule has 1 aromatic carbocycles. The summed E-state index contributed by atoms with van der Waals surface area (Å²) in [5, 5.41) is 4.78. The number of fused-ring (bicyclic) bond motifs is 2. The summed E-state index contributed by atoms with van der Waals surface area (Å²) in [5.41, 5.74) is 9.02. The summed E-state index contributed by atoms with van der Waals surface area (Å²) < 4.78 is 1.93. The number of rotatable bonds is 4. The smallest absolute Gasteiger partial charge is 0.252 e. The van der Waals surface area contributed by atoms with Gasteiger partial charge >= 0.3 is 0 Å². The van der Waals surface area contributed by atoms with Crippen LogP contribution in [0.15, 0.2) is 54.7 Å². The van der Waals surface area contributed by atoms with Gasteiger partial charge in [-0.2, -0.15) is 0 Å². The highest BCUT2D eigenvalue weighted by atomic mass is 16.1. The third-order valence-electron chi connectivity index (χ3n) is 5.70. The van der Waals surface area contributed by atoms with Crippen LogP contribution in [0.4, 0.5) is 5.82 Å². The first-order valence-electron chi connectivity index (χ1n) is 10.1. The van der Waals surface area contributed by atoms with E-state index in [2.05, 4.69) is 11.4 Å². The first kappa shape index (κ1) is 17.7. The number of hydrogen-bond donors (Lipinski definition) is 2. The predicted molar refractivity (Wildman–Crippen MR) is 115 cm³/mol. The number of pyridine rings is 2. The number of nitrogens with zero attached hydrogens (tertiary/aromatic N) is 3. The topological polar surface area (TPSA) is 85.3 Å². The monoisotopic (exact) mass is 385 g/mol. The molecule has 1 amide bonds. The molecule has 1 saturated carbocycles. The van der Waals surface area contributed by atoms with Gasteiger partial charge < -0.3 is 11.1 Å². The second kappa shape index (κ2) is 7.20. The van der Waals surface area contributed by atoms with E-state index in [1.165, 1.54) is 19.3 Å². The lowest BCUT2D eigenvalue weighted by atomic mass is 9.95. The largest absolute Gasteiger partial charge is 0.367 e. The number of carbonyl (C=O) groups is 1. The van der Waals surface area contributed by atoms with Gasteiger partial charge in [0.1, 0.15) is 11.5 Å². The summed E-state index contributed by atoms with van der Waals surface area (Å²) in [7, 11) is 0. The quantitative estimate of drug-likeness (QED) is 0.545. The highest BCUT2D eigenvalue weighted by molar-refractivity contribution is 5.99. The minimum Gasteiger partial charge on any atom is -0.367 e. The average Bonchev–Trinajstić information content (AvgIpc) is 3.12. The summed E-state index contributed by atoms with van der Waals surface area (Å²) in [6.45, 7) is 0. The van der Waals surface area contributed by atoms with Crippen molar-refractivity contribution in [3.05, 3.63) is 60.3 Å². The molecule has 3 N–H and O–H groups in total. The fourth-order valence-corrected chi connectivity index (χ4v) is 4.21. The molecule has 6 heteroatoms. The SMILES string of the molecule is NC(=O)c1cccn2c(NC3CCCCC3)c(-c3ccc4ccccc4n3)nc12. The lowest BCUT2D eigenvalue weighted by molar-refractivity contribution is 0.100. The van der Waals surface area contributed by atoms with Crippen molar-refractivity contribution in [1.82, 2.24) is 14.4 Å². The standard InChI is InChI=1S/C23H23N5O/c24-21(29)17-10-6-14-28-22(17)27-20(23(28)25-16-8-2-1-3-9-16)19-13-12-15-7-4-5-11-18(15)26-19/h4-7,10-14,16,25H,1-3,8-9H2,(H2,24,29). The van der Waals surface area contributed by atoms with Crippen LogP contribution in [0.2, 0.25) is 0 Å². The number of imidazole rings is 1. The molecule has 1 fully saturated rings. The molecule has 3 heterocycles. The lowest BCUT2D eigenvalue weighted by Gasteiger charge is -2.24. The Morgan fingerprint density at radius 2 is 1.83 bits per heavy atom. The number of amides is 1. The van der Waals surface area contributed by atoms with Crippen molar-refractivity contribution in [3.63, 3.8) is 0 Å². The van der Waals surface area contributed by atoms with Crippen LogP contribution in [0.5, 0.6) is 0 Å². The molecule has 4 aromatic rings. The molecule has 1 aliphatic rings. The zero-order chi connectivity index (χ0) is 19.8. The molecule has 146 valence electrons. The van der Waals surface area contributed by atoms with Crippen LogP contribution in [0.1, 0.15) is 42.5 Å². The third kappa shape index (κ3) is 3.20. The lowest BCUT2D eigenvalue weighted by Crippen LogP contribution is -2.23. The van der Waals surface area contributed by atoms with E-state index in [9.17, 15) is 4.79 Å². The van der Waals surface area contributed by atoms with Gasteiger partial charge in [0.2, 0.25) is 0 Å². The van der Waals surface area contributed by atoms with Crippen molar-refractivity contribution in [2.24, 2.45) is 5.73 Å². The Kier molecular flexibility index (Phi) is 4.39. The molecule has 0 radical (unpaired) electrons. The maximum Gasteiger partial charge on any atom is 0.252 e. The number of hydrogen-bond acceptors (Lipinski definition) is 4. The normalized spacial score (nSPS) is 15.0. The molecule has 0 bridgehead atoms. The summed E-state index contributed by atoms with van der Waals surface area (Å²) in [5.74, 6) is 0.389. The molecule has 29 heavy (non-hydrogen) atoms. The van der Waals surface area contributed by atoms with Crippen LogP contribution >= 0.6 is 0 Å². The Balaban J connectivity index is 1.70. The fourth-order valence-electron chi connectivity index (χ4n) is 4.21. The number of aromatic nitrogens is 3. The number of nitrogens with one attached hydrogen (secondary N) is 1. The highest BCUT2D eigenvalue weighted by Crippen LogP contribution is 2.32. The summed E-state index contributed by atoms with van der Waals surface area (Å²) in [4.78, 5) is 21.6. The van der Waals surface area contributed by atoms with Gasteiger partial charge in [-0.05, 0) is 37.1 Å². The van der Waals surface area contributed by atoms with Gasteiger partial charge in [-0.3, -0.25) is 9.20 Å². The summed E-state index contributed by atoms with van der Waals surface area (Å²) in [6.07, 6.45) is 7.93. The van der Waals surface area contributed by atoms with Crippen LogP contribution in [0, 0.1) is 0 Å². The van der Waals surface area contributed by atoms with E-state index in [1.807, 2.05) is 47.0 Å². The van der Waals surface area contributed by atoms with E-state index < -0.39 is 5.91 Å². The number of carbonyl (C=O) groups excluding carboxylic acids is 1. The van der Waals surface area contributed by atoms with Gasteiger partial charge in [0.15, 0.2) is 5.65 Å². The molecule has 6 nitrogen and oxygen atoms in total. The first-order valence-corrected chi connectivity index (χ1v) is 10.1. The zero-order valence-electron chi connectivity index (χ0n) is 16.1. The number of anilines is 1. The Hall–Kier alpha value is -3.41. The maximum atomic E-state index is 12.0. The van der Waals surface area contributed by atoms with Crippen molar-refractivity contribution in [1.29, 1.82) is 0 Å². The molecule has 0 spiro atoms. The second-order valence-electron chi connectivity index (χ2n) is 7.66. The molecular weight excluding hydrogens is 362 g/mol. The van der Waals surface area contributed by atoms with Gasteiger partial charge in [0, 0.05) is 17.6 Å². The molecular formula is C23H23N5O. The van der Waals surface area contributed by atoms with Gasteiger partial charge in [-0.1, -0.05) is 43.5 Å². The number of benzene rings is 1. The first-order chi connectivity index (χ1) is 14.2. The number of para-hydroxylation sites is 1. The fraction of sp³-hybridized carbons (Fsp3) is 0.261. The minimum absolute atomic E-state index is 0.389. The van der Waals surface area contributed by atoms with E-state index in [-0.39, 0.29) is 0 Å². The highest BCUT2D eigenvalue weighted by Gasteiger charge is 2.22. The molecule has 5 rings (SSSR count). The van der Waals surface area contributed by atoms with Crippen LogP contribution in [0.25, 0.3) is 27.9 Å². The van der Waals surface area contributed by atoms with Gasteiger partial charge in [-0.25, -0.2) is 9.97 Å². The van der Waals surface area contributed by atoms with Crippen LogP contribution in [0.3, 0.4) is 0 Å². The van der Waals surface area contributed by atoms with Crippen molar-refractivity contribution in [2.75, 3.05) is 5.32 Å². The molecule has 1 aliphatic carbocycles. The van der Waals surface area contributed by atoms with Gasteiger partial charge in [-0.15, -0.1) is 0 Å². The van der Waals surface area contributed by atoms with Gasteiger partial charge in [0.25, 0.3) is 5.91 Å². The van der Waals surface area contributed by atoms with E-state index >= 15 is 0 Å². The minimum atomic E-state index is -0.483. The molecule has 0 unspecified atom stereocenters. The van der Waals surface area contributed by atoms with E-state index in [4.69, 9.17) is 15.7 Å². The van der Waals surface area contributed by atoms with Gasteiger partial charge in [0.05, 0.1) is 16.8 Å². The van der Waals surface area contributed by atoms with Crippen molar-refractivity contribution in [3.8, 4) is 11.4 Å². The van der Waals surface area contributed by atoms with Crippen molar-refractivity contribution < 1.29 is 4.79 Å². The van der Waals surface area contributed by atoms with Crippen LogP contribution in [-0.2, 0) is 0 Å². The van der Waals surface area contributed by atoms with E-state index in [0.717, 1.165) is 41.0 Å². The average molecular weight is 385 g/mol. The Bertz CT molecular complexity index is 1210. The third-order valence-corrected chi connectivity index (χ3v) is 5.70. The zero-order valence-corrected chi connectivity index (χ0v) is 16.1. The molecule has 0 aliphatic heterocycles. The number of nitrogens with two attached hydrogens (primary N) is 1. The Morgan fingerprint density at radius 3 is 2.66 bits per heavy atom. The summed E-state index contributed by atoms with van der Waals surface area (Å²) >= 11 is 0. The number of primary amides is 1. The molecule has 0 atom stereocenters. The van der Waals surface area contributed by atoms with Crippen molar-refractivity contribution in [2.45, 2.75) is 38.1 Å².